The molecule has 1 unspecified atom stereocenters. The number of carbonyl (C=O) groups is 1. The second kappa shape index (κ2) is 5.86. The fourth-order valence-electron chi connectivity index (χ4n) is 1.71. The van der Waals surface area contributed by atoms with Gasteiger partial charge < -0.3 is 20.9 Å². The summed E-state index contributed by atoms with van der Waals surface area (Å²) in [5, 5.41) is 21.2. The summed E-state index contributed by atoms with van der Waals surface area (Å²) in [6.07, 6.45) is 0. The Balaban J connectivity index is 4.86. The van der Waals surface area contributed by atoms with Gasteiger partial charge in [-0.1, -0.05) is 19.0 Å². The van der Waals surface area contributed by atoms with E-state index in [0.717, 1.165) is 0 Å². The zero-order valence-corrected chi connectivity index (χ0v) is 11.1. The first-order valence-corrected chi connectivity index (χ1v) is 5.55. The van der Waals surface area contributed by atoms with Crippen LogP contribution < -0.4 is 5.73 Å². The molecular formula is C11H23N3O3. The van der Waals surface area contributed by atoms with Crippen molar-refractivity contribution in [3.8, 4) is 0 Å². The maximum atomic E-state index is 12.1. The Morgan fingerprint density at radius 1 is 1.47 bits per heavy atom. The van der Waals surface area contributed by atoms with Gasteiger partial charge in [-0.25, -0.2) is 0 Å². The van der Waals surface area contributed by atoms with Crippen molar-refractivity contribution in [1.29, 1.82) is 0 Å². The third-order valence-electron chi connectivity index (χ3n) is 2.37. The van der Waals surface area contributed by atoms with Crippen molar-refractivity contribution in [3.05, 3.63) is 0 Å². The highest BCUT2D eigenvalue weighted by Crippen LogP contribution is 2.15. The topological polar surface area (TPSA) is 99.2 Å². The van der Waals surface area contributed by atoms with Gasteiger partial charge >= 0.3 is 0 Å². The van der Waals surface area contributed by atoms with Crippen LogP contribution in [0.4, 0.5) is 0 Å². The molecule has 0 aromatic rings. The molecule has 0 heterocycles. The lowest BCUT2D eigenvalue weighted by molar-refractivity contribution is -0.135. The van der Waals surface area contributed by atoms with Crippen LogP contribution in [0.25, 0.3) is 0 Å². The Bertz CT molecular complexity index is 295. The summed E-state index contributed by atoms with van der Waals surface area (Å²) in [5.74, 6) is -1.12. The lowest BCUT2D eigenvalue weighted by Crippen LogP contribution is -2.47. The fraction of sp³-hybridized carbons (Fsp3) is 0.818. The first kappa shape index (κ1) is 15.7. The third-order valence-corrected chi connectivity index (χ3v) is 2.37. The van der Waals surface area contributed by atoms with Gasteiger partial charge in [0.15, 0.2) is 5.84 Å². The summed E-state index contributed by atoms with van der Waals surface area (Å²) in [5.41, 5.74) is 4.54. The number of carbonyl (C=O) groups excluding carboxylic acids is 1. The summed E-state index contributed by atoms with van der Waals surface area (Å²) in [7, 11) is 1.58. The van der Waals surface area contributed by atoms with E-state index in [1.54, 1.807) is 20.9 Å². The second-order valence-corrected chi connectivity index (χ2v) is 5.25. The van der Waals surface area contributed by atoms with E-state index in [0.29, 0.717) is 0 Å². The van der Waals surface area contributed by atoms with Gasteiger partial charge in [-0.15, -0.1) is 0 Å². The van der Waals surface area contributed by atoms with Gasteiger partial charge in [0.1, 0.15) is 5.92 Å². The van der Waals surface area contributed by atoms with Crippen molar-refractivity contribution in [2.45, 2.75) is 33.3 Å². The molecule has 0 aromatic carbocycles. The first-order valence-electron chi connectivity index (χ1n) is 5.55. The molecule has 100 valence electrons. The quantitative estimate of drug-likeness (QED) is 0.279. The van der Waals surface area contributed by atoms with Crippen molar-refractivity contribution < 1.29 is 15.1 Å². The molecule has 0 bridgehead atoms. The molecule has 4 N–H and O–H groups in total. The van der Waals surface area contributed by atoms with E-state index >= 15 is 0 Å². The minimum atomic E-state index is -0.975. The number of aliphatic hydroxyl groups is 1. The average molecular weight is 245 g/mol. The van der Waals surface area contributed by atoms with Crippen LogP contribution in [0.15, 0.2) is 5.16 Å². The number of hydrogen-bond acceptors (Lipinski definition) is 4. The number of amidine groups is 1. The Hall–Kier alpha value is -1.30. The van der Waals surface area contributed by atoms with Crippen LogP contribution in [-0.4, -0.2) is 46.1 Å². The van der Waals surface area contributed by atoms with Gasteiger partial charge in [-0.05, 0) is 19.8 Å². The lowest BCUT2D eigenvalue weighted by Gasteiger charge is -2.29. The minimum absolute atomic E-state index is 0.0809. The number of nitrogens with two attached hydrogens (primary N) is 1. The molecule has 0 aliphatic heterocycles. The molecule has 0 aliphatic carbocycles. The van der Waals surface area contributed by atoms with E-state index < -0.39 is 11.5 Å². The van der Waals surface area contributed by atoms with Crippen LogP contribution in [0.3, 0.4) is 0 Å². The molecule has 6 heteroatoms. The van der Waals surface area contributed by atoms with Gasteiger partial charge in [0.05, 0.1) is 5.60 Å². The molecule has 0 aliphatic rings. The highest BCUT2D eigenvalue weighted by Gasteiger charge is 2.31. The monoisotopic (exact) mass is 245 g/mol. The Kier molecular flexibility index (Phi) is 5.41. The molecule has 0 saturated heterocycles. The summed E-state index contributed by atoms with van der Waals surface area (Å²) >= 11 is 0. The zero-order chi connectivity index (χ0) is 13.8. The predicted octanol–water partition coefficient (Wildman–Crippen LogP) is 0.234. The van der Waals surface area contributed by atoms with E-state index in [1.165, 1.54) is 4.90 Å². The fourth-order valence-corrected chi connectivity index (χ4v) is 1.71. The number of rotatable bonds is 5. The summed E-state index contributed by atoms with van der Waals surface area (Å²) in [6, 6.07) is 0. The Labute approximate surface area is 102 Å². The van der Waals surface area contributed by atoms with Gasteiger partial charge in [-0.2, -0.15) is 0 Å². The molecule has 17 heavy (non-hydrogen) atoms. The molecule has 0 fully saturated rings. The van der Waals surface area contributed by atoms with Crippen LogP contribution in [0, 0.1) is 11.8 Å². The molecule has 0 spiro atoms. The smallest absolute Gasteiger partial charge is 0.233 e. The van der Waals surface area contributed by atoms with E-state index in [9.17, 15) is 9.90 Å². The van der Waals surface area contributed by atoms with Crippen molar-refractivity contribution in [1.82, 2.24) is 4.90 Å². The number of nitrogens with zero attached hydrogens (tertiary/aromatic N) is 2. The molecule has 0 saturated carbocycles. The van der Waals surface area contributed by atoms with Crippen LogP contribution in [0.2, 0.25) is 0 Å². The number of amides is 1. The second-order valence-electron chi connectivity index (χ2n) is 5.25. The normalized spacial score (nSPS) is 14.9. The van der Waals surface area contributed by atoms with Gasteiger partial charge in [0.25, 0.3) is 0 Å². The summed E-state index contributed by atoms with van der Waals surface area (Å²) in [4.78, 5) is 13.5. The van der Waals surface area contributed by atoms with Crippen LogP contribution in [-0.2, 0) is 4.79 Å². The standard InChI is InChI=1S/C11H23N3O3/c1-7(2)8(9(12)13-17)10(15)14(5)6-11(3,4)16/h7-8,16-17H,6H2,1-5H3,(H2,12,13). The Morgan fingerprint density at radius 2 is 1.94 bits per heavy atom. The van der Waals surface area contributed by atoms with Crippen molar-refractivity contribution in [2.75, 3.05) is 13.6 Å². The first-order chi connectivity index (χ1) is 7.60. The molecule has 1 atom stereocenters. The maximum absolute atomic E-state index is 12.1. The van der Waals surface area contributed by atoms with Crippen molar-refractivity contribution >= 4 is 11.7 Å². The van der Waals surface area contributed by atoms with Gasteiger partial charge in [-0.3, -0.25) is 4.79 Å². The van der Waals surface area contributed by atoms with Crippen LogP contribution in [0.1, 0.15) is 27.7 Å². The van der Waals surface area contributed by atoms with Crippen LogP contribution >= 0.6 is 0 Å². The number of oxime groups is 1. The third kappa shape index (κ3) is 5.04. The summed E-state index contributed by atoms with van der Waals surface area (Å²) in [6.45, 7) is 7.06. The van der Waals surface area contributed by atoms with Crippen molar-refractivity contribution in [3.63, 3.8) is 0 Å². The molecule has 0 rings (SSSR count). The Morgan fingerprint density at radius 3 is 2.24 bits per heavy atom. The molecule has 6 nitrogen and oxygen atoms in total. The average Bonchev–Trinajstić information content (AvgIpc) is 2.14. The van der Waals surface area contributed by atoms with Gasteiger partial charge in [0.2, 0.25) is 5.91 Å². The molecule has 1 amide bonds. The SMILES string of the molecule is CC(C)C(C(=O)N(C)CC(C)(C)O)C(N)=NO. The summed E-state index contributed by atoms with van der Waals surface area (Å²) < 4.78 is 0. The zero-order valence-electron chi connectivity index (χ0n) is 11.1. The maximum Gasteiger partial charge on any atom is 0.233 e. The molecule has 0 radical (unpaired) electrons. The number of hydrogen-bond donors (Lipinski definition) is 3. The van der Waals surface area contributed by atoms with E-state index in [-0.39, 0.29) is 24.2 Å². The van der Waals surface area contributed by atoms with Crippen molar-refractivity contribution in [2.24, 2.45) is 22.7 Å². The number of likely N-dealkylation sites (N-methyl/N-ethyl adjacent to an activating group) is 1. The molecular weight excluding hydrogens is 222 g/mol. The van der Waals surface area contributed by atoms with E-state index in [4.69, 9.17) is 10.9 Å². The predicted molar refractivity (Wildman–Crippen MR) is 65.7 cm³/mol. The largest absolute Gasteiger partial charge is 0.409 e. The van der Waals surface area contributed by atoms with E-state index in [1.807, 2.05) is 13.8 Å². The minimum Gasteiger partial charge on any atom is -0.409 e. The van der Waals surface area contributed by atoms with Gasteiger partial charge in [0, 0.05) is 13.6 Å². The highest BCUT2D eigenvalue weighted by atomic mass is 16.4. The van der Waals surface area contributed by atoms with Crippen LogP contribution in [0.5, 0.6) is 0 Å². The molecule has 0 aromatic heterocycles. The lowest BCUT2D eigenvalue weighted by atomic mass is 9.93. The highest BCUT2D eigenvalue weighted by molar-refractivity contribution is 6.02. The van der Waals surface area contributed by atoms with E-state index in [2.05, 4.69) is 5.16 Å².